The third-order valence-electron chi connectivity index (χ3n) is 9.58. The molecule has 4 aromatic carbocycles. The van der Waals surface area contributed by atoms with E-state index in [1.165, 1.54) is 6.33 Å². The van der Waals surface area contributed by atoms with E-state index in [2.05, 4.69) is 20.3 Å². The maximum absolute atomic E-state index is 12.4. The van der Waals surface area contributed by atoms with Gasteiger partial charge in [-0.3, -0.25) is 4.57 Å². The van der Waals surface area contributed by atoms with Crippen molar-refractivity contribution in [1.82, 2.24) is 19.5 Å². The first kappa shape index (κ1) is 37.0. The Morgan fingerprint density at radius 1 is 0.927 bits per heavy atom. The minimum atomic E-state index is -1.08. The number of fused-ring (bicyclic) bond motifs is 1. The zero-order valence-electron chi connectivity index (χ0n) is 30.4. The highest BCUT2D eigenvalue weighted by molar-refractivity contribution is 5.89. The summed E-state index contributed by atoms with van der Waals surface area (Å²) in [6, 6.07) is 34.5. The Hall–Kier alpha value is -6.33. The van der Waals surface area contributed by atoms with Crippen molar-refractivity contribution in [2.24, 2.45) is 0 Å². The largest absolute Gasteiger partial charge is 0.497 e. The average Bonchev–Trinajstić information content (AvgIpc) is 3.84. The van der Waals surface area contributed by atoms with Crippen LogP contribution in [0.5, 0.6) is 11.5 Å². The number of esters is 1. The van der Waals surface area contributed by atoms with Crippen LogP contribution in [0.3, 0.4) is 0 Å². The molecule has 1 aliphatic heterocycles. The van der Waals surface area contributed by atoms with Gasteiger partial charge in [0.05, 0.1) is 51.3 Å². The molecule has 13 nitrogen and oxygen atoms in total. The molecule has 1 fully saturated rings. The van der Waals surface area contributed by atoms with E-state index in [1.54, 1.807) is 43.3 Å². The molecule has 0 radical (unpaired) electrons. The van der Waals surface area contributed by atoms with Gasteiger partial charge in [-0.05, 0) is 58.7 Å². The van der Waals surface area contributed by atoms with Crippen LogP contribution in [0, 0.1) is 11.3 Å². The first-order valence-electron chi connectivity index (χ1n) is 17.8. The summed E-state index contributed by atoms with van der Waals surface area (Å²) in [5, 5.41) is 23.4. The highest BCUT2D eigenvalue weighted by Crippen LogP contribution is 2.43. The lowest BCUT2D eigenvalue weighted by molar-refractivity contribution is -0.0931. The molecule has 7 rings (SSSR count). The number of nitriles is 1. The number of hydrogen-bond donors (Lipinski definition) is 2. The highest BCUT2D eigenvalue weighted by atomic mass is 16.6. The number of aliphatic hydroxyl groups is 1. The van der Waals surface area contributed by atoms with Crippen molar-refractivity contribution in [3.8, 4) is 17.6 Å². The number of nitrogens with zero attached hydrogens (tertiary/aromatic N) is 5. The Bertz CT molecular complexity index is 2210. The number of carbonyl (C=O) groups excluding carboxylic acids is 1. The Morgan fingerprint density at radius 2 is 1.62 bits per heavy atom. The van der Waals surface area contributed by atoms with E-state index in [4.69, 9.17) is 28.9 Å². The van der Waals surface area contributed by atoms with Crippen LogP contribution >= 0.6 is 0 Å². The van der Waals surface area contributed by atoms with Crippen molar-refractivity contribution in [2.45, 2.75) is 43.4 Å². The van der Waals surface area contributed by atoms with Gasteiger partial charge in [0, 0.05) is 13.0 Å². The van der Waals surface area contributed by atoms with Crippen LogP contribution in [-0.4, -0.2) is 70.2 Å². The second-order valence-corrected chi connectivity index (χ2v) is 12.9. The molecule has 13 heteroatoms. The topological polar surface area (TPSA) is 163 Å². The fourth-order valence-electron chi connectivity index (χ4n) is 6.78. The molecule has 6 aromatic rings. The van der Waals surface area contributed by atoms with Gasteiger partial charge in [0.1, 0.15) is 42.4 Å². The monoisotopic (exact) mass is 740 g/mol. The Kier molecular flexibility index (Phi) is 11.3. The standard InChI is InChI=1S/C42H40N6O7/c1-51-33-16-12-31(13-17-33)42(30-10-4-3-5-11-30,32-14-18-34(52-2)19-15-32)54-25-36-35(49)23-37(55-36)48-27-47-38-39(45-26-46-40(38)48)44-24-28-8-6-9-29(22-28)41(50)53-21-7-20-43/h3-6,8-19,22,26-27,35-37,49H,7,21,23-25H2,1-2H3,(H,44,45,46)/t35-,36+,37+/m0/s1. The van der Waals surface area contributed by atoms with Crippen molar-refractivity contribution >= 4 is 23.0 Å². The number of anilines is 1. The second kappa shape index (κ2) is 16.8. The van der Waals surface area contributed by atoms with Crippen molar-refractivity contribution in [2.75, 3.05) is 32.8 Å². The number of methoxy groups -OCH3 is 2. The predicted octanol–water partition coefficient (Wildman–Crippen LogP) is 6.18. The quantitative estimate of drug-likeness (QED) is 0.0699. The van der Waals surface area contributed by atoms with Gasteiger partial charge in [-0.2, -0.15) is 5.26 Å². The Labute approximate surface area is 318 Å². The fraction of sp³-hybridized carbons (Fsp3) is 0.262. The van der Waals surface area contributed by atoms with E-state index < -0.39 is 30.0 Å². The zero-order valence-corrected chi connectivity index (χ0v) is 30.4. The summed E-state index contributed by atoms with van der Waals surface area (Å²) in [6.45, 7) is 0.447. The van der Waals surface area contributed by atoms with Crippen LogP contribution in [0.15, 0.2) is 116 Å². The van der Waals surface area contributed by atoms with Gasteiger partial charge in [0.15, 0.2) is 17.0 Å². The first-order valence-corrected chi connectivity index (χ1v) is 17.8. The predicted molar refractivity (Wildman–Crippen MR) is 202 cm³/mol. The number of rotatable bonds is 15. The number of aliphatic hydroxyl groups excluding tert-OH is 1. The van der Waals surface area contributed by atoms with Crippen molar-refractivity contribution in [1.29, 1.82) is 5.26 Å². The van der Waals surface area contributed by atoms with E-state index in [-0.39, 0.29) is 26.1 Å². The van der Waals surface area contributed by atoms with E-state index in [9.17, 15) is 9.90 Å². The molecule has 280 valence electrons. The highest BCUT2D eigenvalue weighted by Gasteiger charge is 2.42. The smallest absolute Gasteiger partial charge is 0.338 e. The SMILES string of the molecule is COc1ccc(C(OC[C@H]2O[C@@H](n3cnc4c(NCc5cccc(C(=O)OCCC#N)c5)ncnc43)C[C@@H]2O)(c2ccccc2)c2ccc(OC)cc2)cc1. The van der Waals surface area contributed by atoms with Gasteiger partial charge in [0.2, 0.25) is 0 Å². The maximum Gasteiger partial charge on any atom is 0.338 e. The summed E-state index contributed by atoms with van der Waals surface area (Å²) in [4.78, 5) is 25.9. The third-order valence-corrected chi connectivity index (χ3v) is 9.58. The molecule has 55 heavy (non-hydrogen) atoms. The molecule has 2 aromatic heterocycles. The lowest BCUT2D eigenvalue weighted by atomic mass is 9.80. The Balaban J connectivity index is 1.11. The summed E-state index contributed by atoms with van der Waals surface area (Å²) in [6.07, 6.45) is 1.39. The molecule has 1 saturated heterocycles. The van der Waals surface area contributed by atoms with E-state index in [0.717, 1.165) is 22.3 Å². The van der Waals surface area contributed by atoms with Crippen LogP contribution in [0.2, 0.25) is 0 Å². The molecule has 3 heterocycles. The number of hydrogen-bond acceptors (Lipinski definition) is 12. The molecule has 0 spiro atoms. The van der Waals surface area contributed by atoms with Gasteiger partial charge < -0.3 is 34.1 Å². The number of benzene rings is 4. The van der Waals surface area contributed by atoms with Gasteiger partial charge >= 0.3 is 5.97 Å². The molecule has 0 bridgehead atoms. The number of aromatic nitrogens is 4. The second-order valence-electron chi connectivity index (χ2n) is 12.9. The van der Waals surface area contributed by atoms with Crippen LogP contribution in [0.4, 0.5) is 5.82 Å². The molecular weight excluding hydrogens is 700 g/mol. The molecule has 0 aliphatic carbocycles. The average molecular weight is 741 g/mol. The third kappa shape index (κ3) is 7.83. The number of imidazole rings is 1. The normalized spacial score (nSPS) is 16.7. The minimum absolute atomic E-state index is 0.0384. The summed E-state index contributed by atoms with van der Waals surface area (Å²) in [5.74, 6) is 1.44. The fourth-order valence-corrected chi connectivity index (χ4v) is 6.78. The molecule has 1 aliphatic rings. The van der Waals surface area contributed by atoms with Gasteiger partial charge in [-0.1, -0.05) is 66.7 Å². The van der Waals surface area contributed by atoms with Crippen LogP contribution in [0.1, 0.15) is 51.7 Å². The summed E-state index contributed by atoms with van der Waals surface area (Å²) >= 11 is 0. The first-order chi connectivity index (χ1) is 26.9. The van der Waals surface area contributed by atoms with E-state index in [1.807, 2.05) is 91.0 Å². The lowest BCUT2D eigenvalue weighted by Gasteiger charge is -2.37. The molecule has 0 saturated carbocycles. The molecule has 0 amide bonds. The van der Waals surface area contributed by atoms with Crippen molar-refractivity contribution in [3.63, 3.8) is 0 Å². The number of nitrogens with one attached hydrogen (secondary N) is 1. The van der Waals surface area contributed by atoms with Crippen LogP contribution in [-0.2, 0) is 26.4 Å². The van der Waals surface area contributed by atoms with E-state index >= 15 is 0 Å². The number of ether oxygens (including phenoxy) is 5. The van der Waals surface area contributed by atoms with E-state index in [0.29, 0.717) is 40.6 Å². The van der Waals surface area contributed by atoms with Crippen LogP contribution < -0.4 is 14.8 Å². The summed E-state index contributed by atoms with van der Waals surface area (Å²) in [7, 11) is 3.26. The molecular formula is C42H40N6O7. The zero-order chi connectivity index (χ0) is 38.2. The van der Waals surface area contributed by atoms with Gasteiger partial charge in [0.25, 0.3) is 0 Å². The molecule has 3 atom stereocenters. The molecule has 0 unspecified atom stereocenters. The van der Waals surface area contributed by atoms with Crippen molar-refractivity contribution in [3.05, 3.63) is 144 Å². The van der Waals surface area contributed by atoms with Crippen molar-refractivity contribution < 1.29 is 33.6 Å². The van der Waals surface area contributed by atoms with Gasteiger partial charge in [-0.25, -0.2) is 19.7 Å². The summed E-state index contributed by atoms with van der Waals surface area (Å²) in [5.41, 5.74) is 3.82. The minimum Gasteiger partial charge on any atom is -0.497 e. The summed E-state index contributed by atoms with van der Waals surface area (Å²) < 4.78 is 31.4. The Morgan fingerprint density at radius 3 is 2.29 bits per heavy atom. The van der Waals surface area contributed by atoms with Gasteiger partial charge in [-0.15, -0.1) is 0 Å². The maximum atomic E-state index is 12.4. The van der Waals surface area contributed by atoms with Crippen LogP contribution in [0.25, 0.3) is 11.2 Å². The number of carbonyl (C=O) groups is 1. The lowest BCUT2D eigenvalue weighted by Crippen LogP contribution is -2.38. The molecule has 2 N–H and O–H groups in total.